The van der Waals surface area contributed by atoms with Crippen molar-refractivity contribution in [2.45, 2.75) is 45.0 Å². The highest BCUT2D eigenvalue weighted by molar-refractivity contribution is 6.73. The molecule has 1 atom stereocenters. The van der Waals surface area contributed by atoms with Crippen LogP contribution in [0.4, 0.5) is 0 Å². The molecule has 0 aliphatic heterocycles. The molecule has 0 spiro atoms. The van der Waals surface area contributed by atoms with Crippen LogP contribution in [0, 0.1) is 5.41 Å². The molecule has 0 rings (SSSR count). The summed E-state index contributed by atoms with van der Waals surface area (Å²) in [5, 5.41) is 16.4. The Hall–Kier alpha value is -0.393. The normalized spacial score (nSPS) is 14.0. The van der Waals surface area contributed by atoms with Crippen LogP contribution in [-0.4, -0.2) is 32.0 Å². The van der Waals surface area contributed by atoms with Crippen LogP contribution in [-0.2, 0) is 4.43 Å². The van der Waals surface area contributed by atoms with Gasteiger partial charge in [0.15, 0.2) is 8.32 Å². The molecule has 0 aromatic heterocycles. The van der Waals surface area contributed by atoms with Crippen molar-refractivity contribution in [1.82, 2.24) is 0 Å². The molecule has 0 aliphatic rings. The average molecular weight is 218 g/mol. The van der Waals surface area contributed by atoms with Crippen molar-refractivity contribution in [3.8, 4) is 0 Å². The van der Waals surface area contributed by atoms with Crippen LogP contribution in [0.1, 0.15) is 20.8 Å². The smallest absolute Gasteiger partial charge is 0.192 e. The SMILES string of the molecule is CC[Si](CC)(CC)OCC(O)C(=N)N. The lowest BCUT2D eigenvalue weighted by Crippen LogP contribution is -2.41. The zero-order valence-corrected chi connectivity index (χ0v) is 10.3. The van der Waals surface area contributed by atoms with Crippen molar-refractivity contribution in [2.75, 3.05) is 6.61 Å². The molecule has 4 N–H and O–H groups in total. The van der Waals surface area contributed by atoms with Gasteiger partial charge in [-0.15, -0.1) is 0 Å². The molecule has 14 heavy (non-hydrogen) atoms. The highest BCUT2D eigenvalue weighted by atomic mass is 28.4. The van der Waals surface area contributed by atoms with Gasteiger partial charge in [0.2, 0.25) is 0 Å². The van der Waals surface area contributed by atoms with E-state index in [0.717, 1.165) is 18.1 Å². The fourth-order valence-electron chi connectivity index (χ4n) is 1.40. The lowest BCUT2D eigenvalue weighted by atomic mass is 10.4. The van der Waals surface area contributed by atoms with Crippen molar-refractivity contribution in [3.63, 3.8) is 0 Å². The molecule has 0 fully saturated rings. The number of aliphatic hydroxyl groups is 1. The fourth-order valence-corrected chi connectivity index (χ4v) is 4.03. The van der Waals surface area contributed by atoms with Crippen molar-refractivity contribution in [1.29, 1.82) is 5.41 Å². The van der Waals surface area contributed by atoms with Gasteiger partial charge in [0.25, 0.3) is 0 Å². The number of nitrogens with one attached hydrogen (secondary N) is 1. The molecule has 0 aromatic carbocycles. The summed E-state index contributed by atoms with van der Waals surface area (Å²) in [6.07, 6.45) is -0.938. The van der Waals surface area contributed by atoms with Gasteiger partial charge in [-0.3, -0.25) is 5.41 Å². The number of amidine groups is 1. The van der Waals surface area contributed by atoms with Crippen LogP contribution in [0.25, 0.3) is 0 Å². The summed E-state index contributed by atoms with van der Waals surface area (Å²) in [5.41, 5.74) is 5.16. The zero-order chi connectivity index (χ0) is 11.2. The molecule has 1 unspecified atom stereocenters. The van der Waals surface area contributed by atoms with E-state index in [9.17, 15) is 5.11 Å². The van der Waals surface area contributed by atoms with Gasteiger partial charge >= 0.3 is 0 Å². The summed E-state index contributed by atoms with van der Waals surface area (Å²) < 4.78 is 5.77. The Balaban J connectivity index is 4.12. The maximum Gasteiger partial charge on any atom is 0.192 e. The van der Waals surface area contributed by atoms with E-state index in [2.05, 4.69) is 20.8 Å². The van der Waals surface area contributed by atoms with E-state index < -0.39 is 14.4 Å². The Morgan fingerprint density at radius 2 is 1.79 bits per heavy atom. The van der Waals surface area contributed by atoms with E-state index in [0.29, 0.717) is 0 Å². The van der Waals surface area contributed by atoms with Gasteiger partial charge in [-0.05, 0) is 18.1 Å². The first-order valence-electron chi connectivity index (χ1n) is 5.17. The Morgan fingerprint density at radius 3 is 2.07 bits per heavy atom. The third-order valence-corrected chi connectivity index (χ3v) is 7.48. The average Bonchev–Trinajstić information content (AvgIpc) is 2.20. The summed E-state index contributed by atoms with van der Waals surface area (Å²) in [7, 11) is -1.64. The number of hydrogen-bond donors (Lipinski definition) is 3. The predicted molar refractivity (Wildman–Crippen MR) is 61.1 cm³/mol. The van der Waals surface area contributed by atoms with Crippen LogP contribution in [0.2, 0.25) is 18.1 Å². The third kappa shape index (κ3) is 3.77. The summed E-state index contributed by atoms with van der Waals surface area (Å²) in [6.45, 7) is 6.55. The first-order chi connectivity index (χ1) is 6.51. The minimum Gasteiger partial charge on any atom is -0.414 e. The molecule has 0 aliphatic carbocycles. The molecule has 0 bridgehead atoms. The zero-order valence-electron chi connectivity index (χ0n) is 9.34. The predicted octanol–water partition coefficient (Wildman–Crippen LogP) is 1.31. The Kier molecular flexibility index (Phi) is 5.99. The lowest BCUT2D eigenvalue weighted by Gasteiger charge is -2.28. The largest absolute Gasteiger partial charge is 0.414 e. The van der Waals surface area contributed by atoms with E-state index >= 15 is 0 Å². The topological polar surface area (TPSA) is 79.3 Å². The first-order valence-corrected chi connectivity index (χ1v) is 7.70. The van der Waals surface area contributed by atoms with E-state index in [1.807, 2.05) is 0 Å². The van der Waals surface area contributed by atoms with Crippen molar-refractivity contribution < 1.29 is 9.53 Å². The molecule has 5 heteroatoms. The number of aliphatic hydroxyl groups excluding tert-OH is 1. The molecule has 0 amide bonds. The Morgan fingerprint density at radius 1 is 1.36 bits per heavy atom. The standard InChI is InChI=1S/C9H22N2O2Si/c1-4-14(5-2,6-3)13-7-8(12)9(10)11/h8,12H,4-7H2,1-3H3,(H3,10,11). The van der Waals surface area contributed by atoms with Crippen molar-refractivity contribution in [3.05, 3.63) is 0 Å². The van der Waals surface area contributed by atoms with Crippen molar-refractivity contribution >= 4 is 14.2 Å². The molecule has 0 heterocycles. The van der Waals surface area contributed by atoms with E-state index in [-0.39, 0.29) is 12.4 Å². The molecule has 0 saturated carbocycles. The molecule has 0 radical (unpaired) electrons. The Labute approximate surface area is 87.1 Å². The second-order valence-corrected chi connectivity index (χ2v) is 8.30. The van der Waals surface area contributed by atoms with Gasteiger partial charge in [0.05, 0.1) is 6.61 Å². The van der Waals surface area contributed by atoms with Crippen molar-refractivity contribution in [2.24, 2.45) is 5.73 Å². The summed E-state index contributed by atoms with van der Waals surface area (Å²) >= 11 is 0. The highest BCUT2D eigenvalue weighted by Crippen LogP contribution is 2.21. The summed E-state index contributed by atoms with van der Waals surface area (Å²) in [4.78, 5) is 0. The molecule has 4 nitrogen and oxygen atoms in total. The third-order valence-electron chi connectivity index (χ3n) is 2.84. The van der Waals surface area contributed by atoms with Crippen LogP contribution in [0.5, 0.6) is 0 Å². The van der Waals surface area contributed by atoms with Gasteiger partial charge in [0, 0.05) is 0 Å². The van der Waals surface area contributed by atoms with E-state index in [1.54, 1.807) is 0 Å². The van der Waals surface area contributed by atoms with E-state index in [1.165, 1.54) is 0 Å². The molecular weight excluding hydrogens is 196 g/mol. The molecular formula is C9H22N2O2Si. The van der Waals surface area contributed by atoms with Crippen LogP contribution in [0.3, 0.4) is 0 Å². The monoisotopic (exact) mass is 218 g/mol. The number of hydrogen-bond acceptors (Lipinski definition) is 3. The molecule has 0 aromatic rings. The number of rotatable bonds is 7. The van der Waals surface area contributed by atoms with Gasteiger partial charge in [-0.25, -0.2) is 0 Å². The minimum absolute atomic E-state index is 0.178. The Bertz CT molecular complexity index is 175. The molecule has 0 saturated heterocycles. The second-order valence-electron chi connectivity index (χ2n) is 3.53. The minimum atomic E-state index is -1.64. The second kappa shape index (κ2) is 6.16. The van der Waals surface area contributed by atoms with Gasteiger partial charge in [-0.2, -0.15) is 0 Å². The summed E-state index contributed by atoms with van der Waals surface area (Å²) in [6, 6.07) is 3.14. The van der Waals surface area contributed by atoms with Crippen LogP contribution < -0.4 is 5.73 Å². The number of nitrogens with two attached hydrogens (primary N) is 1. The van der Waals surface area contributed by atoms with Crippen LogP contribution >= 0.6 is 0 Å². The van der Waals surface area contributed by atoms with Crippen LogP contribution in [0.15, 0.2) is 0 Å². The lowest BCUT2D eigenvalue weighted by molar-refractivity contribution is 0.149. The maximum absolute atomic E-state index is 9.32. The summed E-state index contributed by atoms with van der Waals surface area (Å²) in [5.74, 6) is -0.212. The van der Waals surface area contributed by atoms with Gasteiger partial charge in [0.1, 0.15) is 11.9 Å². The molecule has 84 valence electrons. The quantitative estimate of drug-likeness (QED) is 0.342. The van der Waals surface area contributed by atoms with Gasteiger partial charge in [-0.1, -0.05) is 20.8 Å². The van der Waals surface area contributed by atoms with E-state index in [4.69, 9.17) is 15.6 Å². The maximum atomic E-state index is 9.32. The highest BCUT2D eigenvalue weighted by Gasteiger charge is 2.29. The fraction of sp³-hybridized carbons (Fsp3) is 0.889. The van der Waals surface area contributed by atoms with Gasteiger partial charge < -0.3 is 15.3 Å². The first kappa shape index (κ1) is 13.6.